The fraction of sp³-hybridized carbons (Fsp3) is 0.438. The first kappa shape index (κ1) is 15.8. The summed E-state index contributed by atoms with van der Waals surface area (Å²) in [6, 6.07) is 6.61. The number of imide groups is 1. The highest BCUT2D eigenvalue weighted by atomic mass is 35.5. The number of halogens is 1. The third-order valence-corrected chi connectivity index (χ3v) is 4.63. The topological polar surface area (TPSA) is 78.5 Å². The molecule has 0 spiro atoms. The molecule has 2 aliphatic rings. The van der Waals surface area contributed by atoms with Gasteiger partial charge in [0.15, 0.2) is 0 Å². The van der Waals surface area contributed by atoms with Crippen LogP contribution in [0.2, 0.25) is 0 Å². The molecule has 1 aromatic carbocycles. The van der Waals surface area contributed by atoms with Crippen molar-refractivity contribution in [2.24, 2.45) is 5.92 Å². The predicted octanol–water partition coefficient (Wildman–Crippen LogP) is 1.77. The molecule has 1 saturated carbocycles. The van der Waals surface area contributed by atoms with Crippen LogP contribution in [0.1, 0.15) is 25.3 Å². The summed E-state index contributed by atoms with van der Waals surface area (Å²) in [6.07, 6.45) is 1.92. The van der Waals surface area contributed by atoms with Gasteiger partial charge in [0.2, 0.25) is 5.91 Å². The molecule has 1 aromatic rings. The maximum atomic E-state index is 12.7. The van der Waals surface area contributed by atoms with Gasteiger partial charge < -0.3 is 10.6 Å². The van der Waals surface area contributed by atoms with E-state index in [2.05, 4.69) is 10.6 Å². The van der Waals surface area contributed by atoms with Crippen molar-refractivity contribution in [2.45, 2.75) is 31.8 Å². The van der Waals surface area contributed by atoms with Crippen LogP contribution in [0.5, 0.6) is 0 Å². The molecule has 2 N–H and O–H groups in total. The van der Waals surface area contributed by atoms with Crippen molar-refractivity contribution in [2.75, 3.05) is 10.8 Å². The number of rotatable bonds is 5. The third-order valence-electron chi connectivity index (χ3n) is 4.39. The van der Waals surface area contributed by atoms with Crippen LogP contribution >= 0.6 is 11.6 Å². The van der Waals surface area contributed by atoms with Gasteiger partial charge in [-0.2, -0.15) is 0 Å². The van der Waals surface area contributed by atoms with E-state index in [1.165, 1.54) is 4.90 Å². The van der Waals surface area contributed by atoms with Crippen LogP contribution in [0, 0.1) is 5.92 Å². The Morgan fingerprint density at radius 3 is 2.83 bits per heavy atom. The SMILES string of the molecule is CC1(C2CC2)NC(=O)N(c2cccc(CNC(=O)CCl)c2)C1=O. The van der Waals surface area contributed by atoms with Crippen molar-refractivity contribution >= 4 is 35.1 Å². The Kier molecular flexibility index (Phi) is 4.02. The van der Waals surface area contributed by atoms with Crippen molar-refractivity contribution < 1.29 is 14.4 Å². The lowest BCUT2D eigenvalue weighted by molar-refractivity contribution is -0.122. The summed E-state index contributed by atoms with van der Waals surface area (Å²) in [5.41, 5.74) is 0.496. The first-order valence-corrected chi connectivity index (χ1v) is 8.07. The minimum atomic E-state index is -0.806. The normalized spacial score (nSPS) is 23.8. The second-order valence-electron chi connectivity index (χ2n) is 6.13. The van der Waals surface area contributed by atoms with Gasteiger partial charge in [-0.3, -0.25) is 9.59 Å². The molecule has 1 saturated heterocycles. The van der Waals surface area contributed by atoms with Gasteiger partial charge in [-0.15, -0.1) is 11.6 Å². The van der Waals surface area contributed by atoms with Crippen LogP contribution in [-0.4, -0.2) is 29.3 Å². The van der Waals surface area contributed by atoms with E-state index in [-0.39, 0.29) is 23.6 Å². The minimum Gasteiger partial charge on any atom is -0.351 e. The number of alkyl halides is 1. The fourth-order valence-corrected chi connectivity index (χ4v) is 2.98. The maximum Gasteiger partial charge on any atom is 0.329 e. The average molecular weight is 336 g/mol. The summed E-state index contributed by atoms with van der Waals surface area (Å²) in [7, 11) is 0. The standard InChI is InChI=1S/C16H18ClN3O3/c1-16(11-5-6-11)14(22)20(15(23)19-16)12-4-2-3-10(7-12)9-18-13(21)8-17/h2-4,7,11H,5-6,8-9H2,1H3,(H,18,21)(H,19,23). The number of nitrogens with zero attached hydrogens (tertiary/aromatic N) is 1. The van der Waals surface area contributed by atoms with E-state index in [1.54, 1.807) is 25.1 Å². The van der Waals surface area contributed by atoms with Crippen molar-refractivity contribution in [1.29, 1.82) is 0 Å². The van der Waals surface area contributed by atoms with Crippen molar-refractivity contribution in [3.63, 3.8) is 0 Å². The smallest absolute Gasteiger partial charge is 0.329 e. The van der Waals surface area contributed by atoms with E-state index >= 15 is 0 Å². The lowest BCUT2D eigenvalue weighted by atomic mass is 9.96. The zero-order valence-electron chi connectivity index (χ0n) is 12.8. The van der Waals surface area contributed by atoms with E-state index < -0.39 is 11.6 Å². The van der Waals surface area contributed by atoms with Gasteiger partial charge >= 0.3 is 6.03 Å². The Bertz CT molecular complexity index is 674. The number of hydrogen-bond acceptors (Lipinski definition) is 3. The Morgan fingerprint density at radius 1 is 1.43 bits per heavy atom. The molecule has 2 fully saturated rings. The summed E-state index contributed by atoms with van der Waals surface area (Å²) in [5.74, 6) is -0.373. The average Bonchev–Trinajstić information content (AvgIpc) is 3.35. The highest BCUT2D eigenvalue weighted by Gasteiger charge is 2.56. The zero-order chi connectivity index (χ0) is 16.6. The molecule has 1 aliphatic carbocycles. The van der Waals surface area contributed by atoms with E-state index in [9.17, 15) is 14.4 Å². The number of anilines is 1. The molecule has 3 rings (SSSR count). The molecule has 1 heterocycles. The molecule has 1 unspecified atom stereocenters. The quantitative estimate of drug-likeness (QED) is 0.636. The molecule has 0 bridgehead atoms. The van der Waals surface area contributed by atoms with Gasteiger partial charge in [0, 0.05) is 6.54 Å². The number of benzene rings is 1. The molecule has 122 valence electrons. The van der Waals surface area contributed by atoms with Crippen LogP contribution in [-0.2, 0) is 16.1 Å². The van der Waals surface area contributed by atoms with E-state index in [0.717, 1.165) is 18.4 Å². The summed E-state index contributed by atoms with van der Waals surface area (Å²) in [4.78, 5) is 37.4. The van der Waals surface area contributed by atoms with Gasteiger partial charge in [0.05, 0.1) is 5.69 Å². The van der Waals surface area contributed by atoms with Gasteiger partial charge in [-0.25, -0.2) is 9.69 Å². The van der Waals surface area contributed by atoms with Crippen LogP contribution in [0.15, 0.2) is 24.3 Å². The molecule has 6 nitrogen and oxygen atoms in total. The number of carbonyl (C=O) groups excluding carboxylic acids is 3. The second-order valence-corrected chi connectivity index (χ2v) is 6.39. The Morgan fingerprint density at radius 2 is 2.17 bits per heavy atom. The van der Waals surface area contributed by atoms with Gasteiger partial charge in [0.25, 0.3) is 5.91 Å². The van der Waals surface area contributed by atoms with Crippen LogP contribution in [0.25, 0.3) is 0 Å². The molecular weight excluding hydrogens is 318 g/mol. The Hall–Kier alpha value is -2.08. The maximum absolute atomic E-state index is 12.7. The molecule has 0 radical (unpaired) electrons. The molecule has 1 atom stereocenters. The molecule has 4 amide bonds. The summed E-state index contributed by atoms with van der Waals surface area (Å²) in [5, 5.41) is 5.48. The van der Waals surface area contributed by atoms with E-state index in [1.807, 2.05) is 6.07 Å². The zero-order valence-corrected chi connectivity index (χ0v) is 13.5. The monoisotopic (exact) mass is 335 g/mol. The first-order chi connectivity index (χ1) is 11.0. The lowest BCUT2D eigenvalue weighted by Gasteiger charge is -2.21. The highest BCUT2D eigenvalue weighted by Crippen LogP contribution is 2.43. The number of amides is 4. The number of nitrogens with one attached hydrogen (secondary N) is 2. The number of carbonyl (C=O) groups is 3. The van der Waals surface area contributed by atoms with Crippen molar-refractivity contribution in [1.82, 2.24) is 10.6 Å². The molecule has 7 heteroatoms. The van der Waals surface area contributed by atoms with Gasteiger partial charge in [-0.05, 0) is 43.4 Å². The molecular formula is C16H18ClN3O3. The van der Waals surface area contributed by atoms with Crippen LogP contribution in [0.4, 0.5) is 10.5 Å². The van der Waals surface area contributed by atoms with Crippen LogP contribution < -0.4 is 15.5 Å². The Labute approximate surface area is 139 Å². The lowest BCUT2D eigenvalue weighted by Crippen LogP contribution is -2.46. The summed E-state index contributed by atoms with van der Waals surface area (Å²) >= 11 is 5.44. The largest absolute Gasteiger partial charge is 0.351 e. The molecule has 23 heavy (non-hydrogen) atoms. The van der Waals surface area contributed by atoms with Gasteiger partial charge in [0.1, 0.15) is 11.4 Å². The number of hydrogen-bond donors (Lipinski definition) is 2. The summed E-state index contributed by atoms with van der Waals surface area (Å²) < 4.78 is 0. The second kappa shape index (κ2) is 5.85. The van der Waals surface area contributed by atoms with E-state index in [4.69, 9.17) is 11.6 Å². The molecule has 0 aromatic heterocycles. The van der Waals surface area contributed by atoms with Crippen molar-refractivity contribution in [3.05, 3.63) is 29.8 Å². The molecule has 1 aliphatic heterocycles. The van der Waals surface area contributed by atoms with Gasteiger partial charge in [-0.1, -0.05) is 12.1 Å². The van der Waals surface area contributed by atoms with Crippen LogP contribution in [0.3, 0.4) is 0 Å². The number of urea groups is 1. The third kappa shape index (κ3) is 2.91. The predicted molar refractivity (Wildman–Crippen MR) is 86.2 cm³/mol. The highest BCUT2D eigenvalue weighted by molar-refractivity contribution is 6.27. The fourth-order valence-electron chi connectivity index (χ4n) is 2.88. The first-order valence-electron chi connectivity index (χ1n) is 7.54. The van der Waals surface area contributed by atoms with E-state index in [0.29, 0.717) is 12.2 Å². The summed E-state index contributed by atoms with van der Waals surface area (Å²) in [6.45, 7) is 2.08. The minimum absolute atomic E-state index is 0.105. The van der Waals surface area contributed by atoms with Crippen molar-refractivity contribution in [3.8, 4) is 0 Å². The Balaban J connectivity index is 1.80.